The van der Waals surface area contributed by atoms with E-state index in [1.165, 1.54) is 11.1 Å². The molecular weight excluding hydrogens is 454 g/mol. The molecule has 2 aromatic carbocycles. The Morgan fingerprint density at radius 2 is 1.63 bits per heavy atom. The van der Waals surface area contributed by atoms with Crippen LogP contribution in [0.5, 0.6) is 0 Å². The van der Waals surface area contributed by atoms with Gasteiger partial charge in [-0.05, 0) is 23.3 Å². The molecule has 30 heavy (non-hydrogen) atoms. The molecule has 2 N–H and O–H groups in total. The second-order valence-electron chi connectivity index (χ2n) is 6.84. The van der Waals surface area contributed by atoms with Crippen molar-refractivity contribution in [2.75, 3.05) is 13.1 Å². The van der Waals surface area contributed by atoms with Gasteiger partial charge in [-0.2, -0.15) is 4.98 Å². The minimum atomic E-state index is -1.82. The fourth-order valence-corrected chi connectivity index (χ4v) is 3.25. The molecule has 0 saturated carbocycles. The molecule has 9 heteroatoms. The van der Waals surface area contributed by atoms with Gasteiger partial charge in [0.1, 0.15) is 0 Å². The number of carboxylic acids is 2. The first-order valence-corrected chi connectivity index (χ1v) is 9.99. The average molecular weight is 474 g/mol. The van der Waals surface area contributed by atoms with E-state index in [4.69, 9.17) is 24.3 Å². The molecular formula is C21H20BrN3O5. The van der Waals surface area contributed by atoms with Crippen molar-refractivity contribution in [2.24, 2.45) is 0 Å². The number of halogens is 1. The lowest BCUT2D eigenvalue weighted by molar-refractivity contribution is -0.159. The molecule has 0 aliphatic carbocycles. The van der Waals surface area contributed by atoms with Crippen molar-refractivity contribution in [3.8, 4) is 0 Å². The molecule has 0 bridgehead atoms. The number of carbonyl (C=O) groups is 2. The predicted molar refractivity (Wildman–Crippen MR) is 111 cm³/mol. The Labute approximate surface area is 181 Å². The summed E-state index contributed by atoms with van der Waals surface area (Å²) in [5.74, 6) is -1.75. The number of hydrogen-bond donors (Lipinski definition) is 2. The molecule has 0 radical (unpaired) electrons. The highest BCUT2D eigenvalue weighted by Crippen LogP contribution is 2.27. The van der Waals surface area contributed by atoms with Gasteiger partial charge >= 0.3 is 11.9 Å². The van der Waals surface area contributed by atoms with E-state index in [0.717, 1.165) is 42.2 Å². The van der Waals surface area contributed by atoms with Crippen molar-refractivity contribution in [1.29, 1.82) is 0 Å². The minimum absolute atomic E-state index is 0.359. The van der Waals surface area contributed by atoms with Crippen molar-refractivity contribution >= 4 is 27.9 Å². The monoisotopic (exact) mass is 473 g/mol. The maximum atomic E-state index is 9.10. The predicted octanol–water partition coefficient (Wildman–Crippen LogP) is 3.18. The molecule has 1 fully saturated rings. The van der Waals surface area contributed by atoms with Crippen molar-refractivity contribution < 1.29 is 24.3 Å². The van der Waals surface area contributed by atoms with E-state index in [0.29, 0.717) is 5.92 Å². The summed E-state index contributed by atoms with van der Waals surface area (Å²) in [4.78, 5) is 25.2. The zero-order valence-electron chi connectivity index (χ0n) is 15.9. The summed E-state index contributed by atoms with van der Waals surface area (Å²) < 4.78 is 6.58. The molecule has 8 nitrogen and oxygen atoms in total. The Kier molecular flexibility index (Phi) is 7.31. The minimum Gasteiger partial charge on any atom is -0.473 e. The van der Waals surface area contributed by atoms with Crippen LogP contribution < -0.4 is 0 Å². The maximum absolute atomic E-state index is 9.10. The summed E-state index contributed by atoms with van der Waals surface area (Å²) in [5.41, 5.74) is 2.53. The summed E-state index contributed by atoms with van der Waals surface area (Å²) in [6.45, 7) is 2.92. The van der Waals surface area contributed by atoms with Gasteiger partial charge in [-0.3, -0.25) is 4.90 Å². The molecule has 0 unspecified atom stereocenters. The SMILES string of the molecule is Brc1ccc(CN2CC(c3nc(Cc4ccccc4)no3)C2)cc1.O=C(O)C(=O)O. The highest BCUT2D eigenvalue weighted by Gasteiger charge is 2.32. The van der Waals surface area contributed by atoms with Crippen LogP contribution >= 0.6 is 15.9 Å². The molecule has 0 amide bonds. The smallest absolute Gasteiger partial charge is 0.414 e. The largest absolute Gasteiger partial charge is 0.473 e. The highest BCUT2D eigenvalue weighted by atomic mass is 79.9. The molecule has 4 rings (SSSR count). The van der Waals surface area contributed by atoms with E-state index >= 15 is 0 Å². The second-order valence-corrected chi connectivity index (χ2v) is 7.75. The van der Waals surface area contributed by atoms with Crippen LogP contribution in [-0.4, -0.2) is 50.3 Å². The van der Waals surface area contributed by atoms with E-state index < -0.39 is 11.9 Å². The van der Waals surface area contributed by atoms with Crippen LogP contribution in [0.25, 0.3) is 0 Å². The van der Waals surface area contributed by atoms with E-state index in [1.54, 1.807) is 0 Å². The van der Waals surface area contributed by atoms with Gasteiger partial charge in [0.25, 0.3) is 0 Å². The van der Waals surface area contributed by atoms with Crippen molar-refractivity contribution in [3.63, 3.8) is 0 Å². The fraction of sp³-hybridized carbons (Fsp3) is 0.238. The standard InChI is InChI=1S/C19H18BrN3O.C2H2O4/c20-17-8-6-15(7-9-17)11-23-12-16(13-23)19-21-18(22-24-19)10-14-4-2-1-3-5-14;3-1(4)2(5)6/h1-9,16H,10-13H2;(H,3,4)(H,5,6). The lowest BCUT2D eigenvalue weighted by Crippen LogP contribution is -2.44. The molecule has 0 spiro atoms. The quantitative estimate of drug-likeness (QED) is 0.542. The lowest BCUT2D eigenvalue weighted by Gasteiger charge is -2.37. The van der Waals surface area contributed by atoms with E-state index in [1.807, 2.05) is 18.2 Å². The Balaban J connectivity index is 0.000000377. The van der Waals surface area contributed by atoms with Gasteiger partial charge in [-0.25, -0.2) is 9.59 Å². The Hall–Kier alpha value is -3.04. The van der Waals surface area contributed by atoms with Crippen molar-refractivity contribution in [3.05, 3.63) is 81.9 Å². The molecule has 1 aliphatic rings. The van der Waals surface area contributed by atoms with Crippen LogP contribution in [0.1, 0.15) is 28.8 Å². The number of hydrogen-bond acceptors (Lipinski definition) is 6. The number of likely N-dealkylation sites (tertiary alicyclic amines) is 1. The summed E-state index contributed by atoms with van der Waals surface area (Å²) in [7, 11) is 0. The Morgan fingerprint density at radius 1 is 1.00 bits per heavy atom. The van der Waals surface area contributed by atoms with Crippen LogP contribution in [0.15, 0.2) is 63.6 Å². The van der Waals surface area contributed by atoms with Crippen molar-refractivity contribution in [1.82, 2.24) is 15.0 Å². The number of aromatic nitrogens is 2. The number of carboxylic acid groups (broad SMARTS) is 2. The third kappa shape index (κ3) is 6.23. The van der Waals surface area contributed by atoms with Gasteiger partial charge in [-0.15, -0.1) is 0 Å². The second kappa shape index (κ2) is 10.1. The lowest BCUT2D eigenvalue weighted by atomic mass is 9.99. The van der Waals surface area contributed by atoms with Gasteiger partial charge in [-0.1, -0.05) is 63.6 Å². The van der Waals surface area contributed by atoms with Crippen LogP contribution in [0, 0.1) is 0 Å². The Morgan fingerprint density at radius 3 is 2.23 bits per heavy atom. The molecule has 3 aromatic rings. The zero-order chi connectivity index (χ0) is 21.5. The van der Waals surface area contributed by atoms with E-state index in [9.17, 15) is 0 Å². The van der Waals surface area contributed by atoms with Gasteiger partial charge in [0.15, 0.2) is 5.82 Å². The summed E-state index contributed by atoms with van der Waals surface area (Å²) >= 11 is 3.47. The van der Waals surface area contributed by atoms with Crippen LogP contribution in [0.2, 0.25) is 0 Å². The average Bonchev–Trinajstić information content (AvgIpc) is 3.15. The molecule has 156 valence electrons. The molecule has 1 aromatic heterocycles. The number of nitrogens with zero attached hydrogens (tertiary/aromatic N) is 3. The zero-order valence-corrected chi connectivity index (χ0v) is 17.5. The normalized spacial score (nSPS) is 13.8. The van der Waals surface area contributed by atoms with Crippen LogP contribution in [0.3, 0.4) is 0 Å². The van der Waals surface area contributed by atoms with Gasteiger partial charge in [0.05, 0.1) is 5.92 Å². The number of benzene rings is 2. The molecule has 1 aliphatic heterocycles. The summed E-state index contributed by atoms with van der Waals surface area (Å²) in [6, 6.07) is 18.7. The van der Waals surface area contributed by atoms with Gasteiger partial charge < -0.3 is 14.7 Å². The topological polar surface area (TPSA) is 117 Å². The number of aliphatic carboxylic acids is 2. The third-order valence-corrected chi connectivity index (χ3v) is 5.03. The summed E-state index contributed by atoms with van der Waals surface area (Å²) in [6.07, 6.45) is 0.722. The fourth-order valence-electron chi connectivity index (χ4n) is 2.99. The van der Waals surface area contributed by atoms with Gasteiger partial charge in [0.2, 0.25) is 5.89 Å². The maximum Gasteiger partial charge on any atom is 0.414 e. The third-order valence-electron chi connectivity index (χ3n) is 4.50. The first-order valence-electron chi connectivity index (χ1n) is 9.20. The first-order chi connectivity index (χ1) is 14.4. The van der Waals surface area contributed by atoms with Crippen LogP contribution in [-0.2, 0) is 22.6 Å². The van der Waals surface area contributed by atoms with Gasteiger partial charge in [0, 0.05) is 30.5 Å². The van der Waals surface area contributed by atoms with Crippen LogP contribution in [0.4, 0.5) is 0 Å². The number of rotatable bonds is 5. The van der Waals surface area contributed by atoms with E-state index in [-0.39, 0.29) is 0 Å². The summed E-state index contributed by atoms with van der Waals surface area (Å²) in [5, 5.41) is 18.9. The highest BCUT2D eigenvalue weighted by molar-refractivity contribution is 9.10. The van der Waals surface area contributed by atoms with E-state index in [2.05, 4.69) is 67.4 Å². The molecule has 2 heterocycles. The molecule has 0 atom stereocenters. The molecule has 1 saturated heterocycles. The van der Waals surface area contributed by atoms with Crippen molar-refractivity contribution in [2.45, 2.75) is 18.9 Å². The Bertz CT molecular complexity index is 973. The first kappa shape index (κ1) is 21.7.